The molecule has 0 N–H and O–H groups in total. The molecule has 0 aromatic heterocycles. The third-order valence-corrected chi connectivity index (χ3v) is 9.18. The van der Waals surface area contributed by atoms with Crippen molar-refractivity contribution in [1.29, 1.82) is 0 Å². The molecule has 2 aliphatic heterocycles. The molecule has 1 unspecified atom stereocenters. The molecule has 0 radical (unpaired) electrons. The zero-order valence-corrected chi connectivity index (χ0v) is 16.9. The number of ether oxygens (including phenoxy) is 1. The molecule has 6 aliphatic rings. The quantitative estimate of drug-likeness (QED) is 0.356. The van der Waals surface area contributed by atoms with E-state index in [1.165, 1.54) is 6.42 Å². The zero-order chi connectivity index (χ0) is 18.7. The molecule has 3 saturated carbocycles. The number of Topliss-reactive ketones (excluding diaryl/α,β-unsaturated/α-hetero) is 1. The van der Waals surface area contributed by atoms with Gasteiger partial charge in [-0.25, -0.2) is 9.78 Å². The minimum atomic E-state index is -0.179. The maximum Gasteiger partial charge on any atom is 0.139 e. The second-order valence-corrected chi connectivity index (χ2v) is 11.5. The average molecular weight is 373 g/mol. The molecule has 0 amide bonds. The van der Waals surface area contributed by atoms with Crippen LogP contribution in [0.2, 0.25) is 0 Å². The second-order valence-electron chi connectivity index (χ2n) is 11.5. The number of hydrogen-bond acceptors (Lipinski definition) is 4. The number of epoxide rings is 1. The molecule has 0 aromatic carbocycles. The van der Waals surface area contributed by atoms with E-state index < -0.39 is 0 Å². The Hall–Kier alpha value is -0.710. The van der Waals surface area contributed by atoms with Crippen LogP contribution in [0.3, 0.4) is 0 Å². The Balaban J connectivity index is 1.32. The molecule has 148 valence electrons. The molecule has 1 spiro atoms. The van der Waals surface area contributed by atoms with Crippen LogP contribution < -0.4 is 0 Å². The molecular formula is C23H32O4. The molecule has 0 aromatic rings. The van der Waals surface area contributed by atoms with Crippen LogP contribution in [0.25, 0.3) is 0 Å². The predicted molar refractivity (Wildman–Crippen MR) is 99.8 cm³/mol. The van der Waals surface area contributed by atoms with E-state index in [1.807, 2.05) is 0 Å². The first-order valence-corrected chi connectivity index (χ1v) is 11.0. The lowest BCUT2D eigenvalue weighted by Crippen LogP contribution is -2.55. The second kappa shape index (κ2) is 4.88. The van der Waals surface area contributed by atoms with E-state index in [4.69, 9.17) is 14.5 Å². The monoisotopic (exact) mass is 372 g/mol. The maximum atomic E-state index is 12.5. The van der Waals surface area contributed by atoms with Gasteiger partial charge in [-0.05, 0) is 67.8 Å². The van der Waals surface area contributed by atoms with Crippen molar-refractivity contribution in [3.63, 3.8) is 0 Å². The summed E-state index contributed by atoms with van der Waals surface area (Å²) in [5, 5.41) is 0. The largest absolute Gasteiger partial charge is 0.358 e. The van der Waals surface area contributed by atoms with Gasteiger partial charge in [-0.1, -0.05) is 26.8 Å². The number of ketones is 1. The molecule has 6 atom stereocenters. The highest BCUT2D eigenvalue weighted by Crippen LogP contribution is 2.73. The Morgan fingerprint density at radius 3 is 2.74 bits per heavy atom. The molecule has 27 heavy (non-hydrogen) atoms. The van der Waals surface area contributed by atoms with E-state index in [-0.39, 0.29) is 27.6 Å². The third kappa shape index (κ3) is 2.03. The van der Waals surface area contributed by atoms with Crippen molar-refractivity contribution in [1.82, 2.24) is 0 Å². The van der Waals surface area contributed by atoms with Crippen LogP contribution in [0.4, 0.5) is 0 Å². The summed E-state index contributed by atoms with van der Waals surface area (Å²) in [7, 11) is 0. The number of allylic oxidation sites excluding steroid dienone is 1. The minimum absolute atomic E-state index is 0.0410. The van der Waals surface area contributed by atoms with Gasteiger partial charge in [-0.3, -0.25) is 4.79 Å². The molecule has 4 aliphatic carbocycles. The van der Waals surface area contributed by atoms with Gasteiger partial charge < -0.3 is 4.74 Å². The van der Waals surface area contributed by atoms with Gasteiger partial charge in [0.15, 0.2) is 0 Å². The van der Waals surface area contributed by atoms with Gasteiger partial charge in [-0.15, -0.1) is 0 Å². The minimum Gasteiger partial charge on any atom is -0.358 e. The third-order valence-electron chi connectivity index (χ3n) is 9.18. The summed E-state index contributed by atoms with van der Waals surface area (Å²) >= 11 is 0. The van der Waals surface area contributed by atoms with Crippen LogP contribution in [0.1, 0.15) is 78.6 Å². The molecule has 5 fully saturated rings. The molecule has 2 saturated heterocycles. The Labute approximate surface area is 161 Å². The van der Waals surface area contributed by atoms with Crippen molar-refractivity contribution in [2.45, 2.75) is 95.4 Å². The highest BCUT2D eigenvalue weighted by atomic mass is 17.2. The van der Waals surface area contributed by atoms with E-state index in [2.05, 4.69) is 26.8 Å². The van der Waals surface area contributed by atoms with Gasteiger partial charge >= 0.3 is 0 Å². The Bertz CT molecular complexity index is 755. The van der Waals surface area contributed by atoms with E-state index >= 15 is 0 Å². The van der Waals surface area contributed by atoms with Crippen LogP contribution in [0.5, 0.6) is 0 Å². The van der Waals surface area contributed by atoms with Crippen molar-refractivity contribution < 1.29 is 19.3 Å². The summed E-state index contributed by atoms with van der Waals surface area (Å²) in [4.78, 5) is 24.1. The van der Waals surface area contributed by atoms with Crippen LogP contribution in [-0.4, -0.2) is 29.2 Å². The van der Waals surface area contributed by atoms with Crippen molar-refractivity contribution in [2.24, 2.45) is 22.7 Å². The Morgan fingerprint density at radius 2 is 1.93 bits per heavy atom. The van der Waals surface area contributed by atoms with Gasteiger partial charge in [0.05, 0.1) is 6.61 Å². The van der Waals surface area contributed by atoms with Gasteiger partial charge in [0.1, 0.15) is 22.6 Å². The predicted octanol–water partition coefficient (Wildman–Crippen LogP) is 4.52. The van der Waals surface area contributed by atoms with Gasteiger partial charge in [0.2, 0.25) is 0 Å². The fourth-order valence-electron chi connectivity index (χ4n) is 7.98. The fraction of sp³-hybridized carbons (Fsp3) is 0.870. The highest BCUT2D eigenvalue weighted by molar-refractivity contribution is 5.87. The summed E-state index contributed by atoms with van der Waals surface area (Å²) in [6, 6.07) is 0. The number of hydrogen-bond donors (Lipinski definition) is 0. The number of carbonyl (C=O) groups excluding carboxylic acids is 1. The van der Waals surface area contributed by atoms with Gasteiger partial charge in [0, 0.05) is 18.3 Å². The van der Waals surface area contributed by atoms with Crippen molar-refractivity contribution in [3.8, 4) is 0 Å². The van der Waals surface area contributed by atoms with E-state index in [0.29, 0.717) is 24.2 Å². The van der Waals surface area contributed by atoms with Gasteiger partial charge in [-0.2, -0.15) is 0 Å². The highest BCUT2D eigenvalue weighted by Gasteiger charge is 2.79. The van der Waals surface area contributed by atoms with E-state index in [0.717, 1.165) is 51.4 Å². The Kier molecular flexibility index (Phi) is 3.10. The van der Waals surface area contributed by atoms with Crippen molar-refractivity contribution >= 4 is 5.78 Å². The number of fused-ring (bicyclic) bond motifs is 3. The lowest BCUT2D eigenvalue weighted by molar-refractivity contribution is -0.411. The lowest BCUT2D eigenvalue weighted by atomic mass is 9.53. The number of rotatable bonds is 0. The van der Waals surface area contributed by atoms with E-state index in [1.54, 1.807) is 5.57 Å². The molecule has 6 rings (SSSR count). The number of carbonyl (C=O) groups is 1. The SMILES string of the molecule is CC1(C)COOC2(CC[C@@]34O[C@@]3(CC[C@@H]3C4=CC[C@@]4(C)C(=O)CC[C@@H]34)C2)C1. The molecule has 4 heteroatoms. The van der Waals surface area contributed by atoms with Crippen molar-refractivity contribution in [3.05, 3.63) is 11.6 Å². The van der Waals surface area contributed by atoms with E-state index in [9.17, 15) is 4.79 Å². The summed E-state index contributed by atoms with van der Waals surface area (Å²) < 4.78 is 6.70. The summed E-state index contributed by atoms with van der Waals surface area (Å²) in [6.07, 6.45) is 11.6. The molecule has 2 heterocycles. The smallest absolute Gasteiger partial charge is 0.139 e. The molecule has 0 bridgehead atoms. The lowest BCUT2D eigenvalue weighted by Gasteiger charge is -2.51. The summed E-state index contributed by atoms with van der Waals surface area (Å²) in [6.45, 7) is 7.46. The zero-order valence-electron chi connectivity index (χ0n) is 16.9. The van der Waals surface area contributed by atoms with Crippen LogP contribution >= 0.6 is 0 Å². The molecule has 4 nitrogen and oxygen atoms in total. The Morgan fingerprint density at radius 1 is 1.07 bits per heavy atom. The first kappa shape index (κ1) is 17.2. The average Bonchev–Trinajstić information content (AvgIpc) is 3.18. The standard InChI is InChI=1S/C23H32O4/c1-19(2)12-21(27-25-14-19)10-11-23-17-7-8-20(3)16(4-5-18(20)24)15(17)6-9-22(23,13-21)26-23/h7,15-16H,4-6,8-14H2,1-3H3/t15-,16-,20+,21?,22-,23-/m0/s1. The normalized spacial score (nSPS) is 55.2. The first-order chi connectivity index (χ1) is 12.7. The van der Waals surface area contributed by atoms with Crippen LogP contribution in [-0.2, 0) is 19.3 Å². The van der Waals surface area contributed by atoms with Crippen LogP contribution in [0.15, 0.2) is 11.6 Å². The maximum absolute atomic E-state index is 12.5. The summed E-state index contributed by atoms with van der Waals surface area (Å²) in [5.41, 5.74) is 1.33. The van der Waals surface area contributed by atoms with Crippen LogP contribution in [0, 0.1) is 22.7 Å². The van der Waals surface area contributed by atoms with Gasteiger partial charge in [0.25, 0.3) is 0 Å². The molecular weight excluding hydrogens is 340 g/mol. The fourth-order valence-corrected chi connectivity index (χ4v) is 7.98. The summed E-state index contributed by atoms with van der Waals surface area (Å²) in [5.74, 6) is 1.58. The topological polar surface area (TPSA) is 48.1 Å². The van der Waals surface area contributed by atoms with Crippen molar-refractivity contribution in [2.75, 3.05) is 6.61 Å². The first-order valence-electron chi connectivity index (χ1n) is 11.0.